The van der Waals surface area contributed by atoms with E-state index >= 15 is 0 Å². The molecule has 3 aromatic rings. The fraction of sp³-hybridized carbons (Fsp3) is 0.200. The van der Waals surface area contributed by atoms with E-state index in [-0.39, 0.29) is 18.2 Å². The van der Waals surface area contributed by atoms with Crippen molar-refractivity contribution in [2.24, 2.45) is 0 Å². The number of amides is 2. The Labute approximate surface area is 176 Å². The Hall–Kier alpha value is -3.60. The summed E-state index contributed by atoms with van der Waals surface area (Å²) in [4.78, 5) is 27.8. The van der Waals surface area contributed by atoms with E-state index < -0.39 is 6.04 Å². The van der Waals surface area contributed by atoms with E-state index in [0.29, 0.717) is 24.5 Å². The highest BCUT2D eigenvalue weighted by atomic mass is 16.5. The van der Waals surface area contributed by atoms with E-state index in [1.54, 1.807) is 17.0 Å². The molecule has 152 valence electrons. The van der Waals surface area contributed by atoms with Crippen molar-refractivity contribution in [3.63, 3.8) is 0 Å². The second-order valence-electron chi connectivity index (χ2n) is 7.37. The van der Waals surface area contributed by atoms with Gasteiger partial charge in [0, 0.05) is 5.56 Å². The molecule has 3 aromatic carbocycles. The normalized spacial score (nSPS) is 13.7. The van der Waals surface area contributed by atoms with Crippen LogP contribution in [-0.2, 0) is 4.79 Å². The lowest BCUT2D eigenvalue weighted by Gasteiger charge is -2.31. The first-order valence-corrected chi connectivity index (χ1v) is 10.1. The van der Waals surface area contributed by atoms with E-state index in [9.17, 15) is 9.59 Å². The number of nitrogens with one attached hydrogen (secondary N) is 1. The molecule has 1 aliphatic rings. The molecule has 5 nitrogen and oxygen atoms in total. The largest absolute Gasteiger partial charge is 0.490 e. The topological polar surface area (TPSA) is 58.6 Å². The number of hydrogen-bond acceptors (Lipinski definition) is 3. The molecule has 0 bridgehead atoms. The highest BCUT2D eigenvalue weighted by Gasteiger charge is 2.27. The molecule has 0 aromatic heterocycles. The Morgan fingerprint density at radius 3 is 2.43 bits per heavy atom. The zero-order valence-electron chi connectivity index (χ0n) is 16.9. The first kappa shape index (κ1) is 19.7. The van der Waals surface area contributed by atoms with Gasteiger partial charge in [-0.3, -0.25) is 9.59 Å². The Balaban J connectivity index is 1.56. The molecule has 1 atom stereocenters. The molecule has 1 aliphatic heterocycles. The number of carbonyl (C=O) groups excluding carboxylic acids is 2. The summed E-state index contributed by atoms with van der Waals surface area (Å²) < 4.78 is 5.66. The summed E-state index contributed by atoms with van der Waals surface area (Å²) in [7, 11) is 0. The standard InChI is InChI=1S/C25H24N2O3/c1-18-11-13-20(14-12-18)25(29)26-21(19-7-3-2-4-8-19)17-24(28)27-15-16-30-23-10-6-5-9-22(23)27/h2-14,21H,15-17H2,1H3,(H,26,29). The van der Waals surface area contributed by atoms with Crippen LogP contribution in [0.4, 0.5) is 5.69 Å². The lowest BCUT2D eigenvalue weighted by molar-refractivity contribution is -0.119. The molecule has 0 fully saturated rings. The monoisotopic (exact) mass is 400 g/mol. The molecule has 0 saturated carbocycles. The van der Waals surface area contributed by atoms with Crippen LogP contribution in [0.1, 0.15) is 33.9 Å². The molecular formula is C25H24N2O3. The number of nitrogens with zero attached hydrogens (tertiary/aromatic N) is 1. The summed E-state index contributed by atoms with van der Waals surface area (Å²) in [6, 6.07) is 24.1. The van der Waals surface area contributed by atoms with E-state index in [4.69, 9.17) is 4.74 Å². The zero-order chi connectivity index (χ0) is 20.9. The number of aryl methyl sites for hydroxylation is 1. The Morgan fingerprint density at radius 2 is 1.67 bits per heavy atom. The van der Waals surface area contributed by atoms with Crippen molar-refractivity contribution in [1.29, 1.82) is 0 Å². The van der Waals surface area contributed by atoms with Crippen LogP contribution in [0.5, 0.6) is 5.75 Å². The Bertz CT molecular complexity index is 1030. The van der Waals surface area contributed by atoms with Crippen molar-refractivity contribution in [1.82, 2.24) is 5.32 Å². The van der Waals surface area contributed by atoms with E-state index in [2.05, 4.69) is 5.32 Å². The highest BCUT2D eigenvalue weighted by Crippen LogP contribution is 2.32. The number of benzene rings is 3. The van der Waals surface area contributed by atoms with Crippen LogP contribution in [0.3, 0.4) is 0 Å². The van der Waals surface area contributed by atoms with Crippen molar-refractivity contribution in [2.45, 2.75) is 19.4 Å². The molecule has 2 amide bonds. The van der Waals surface area contributed by atoms with Gasteiger partial charge in [0.1, 0.15) is 12.4 Å². The van der Waals surface area contributed by atoms with Gasteiger partial charge in [-0.2, -0.15) is 0 Å². The van der Waals surface area contributed by atoms with Crippen molar-refractivity contribution < 1.29 is 14.3 Å². The average Bonchev–Trinajstić information content (AvgIpc) is 2.79. The predicted molar refractivity (Wildman–Crippen MR) is 117 cm³/mol. The maximum absolute atomic E-state index is 13.2. The van der Waals surface area contributed by atoms with Crippen LogP contribution in [-0.4, -0.2) is 25.0 Å². The number of hydrogen-bond donors (Lipinski definition) is 1. The number of fused-ring (bicyclic) bond motifs is 1. The van der Waals surface area contributed by atoms with Gasteiger partial charge in [0.15, 0.2) is 0 Å². The smallest absolute Gasteiger partial charge is 0.251 e. The van der Waals surface area contributed by atoms with Crippen LogP contribution in [0, 0.1) is 6.92 Å². The van der Waals surface area contributed by atoms with Crippen LogP contribution in [0.2, 0.25) is 0 Å². The fourth-order valence-electron chi connectivity index (χ4n) is 3.60. The summed E-state index contributed by atoms with van der Waals surface area (Å²) in [6.45, 7) is 2.92. The van der Waals surface area contributed by atoms with Gasteiger partial charge in [0.05, 0.1) is 24.7 Å². The third kappa shape index (κ3) is 4.35. The summed E-state index contributed by atoms with van der Waals surface area (Å²) >= 11 is 0. The molecule has 30 heavy (non-hydrogen) atoms. The lowest BCUT2D eigenvalue weighted by Crippen LogP contribution is -2.40. The minimum Gasteiger partial charge on any atom is -0.490 e. The number of anilines is 1. The van der Waals surface area contributed by atoms with Gasteiger partial charge in [0.2, 0.25) is 5.91 Å². The van der Waals surface area contributed by atoms with Crippen LogP contribution in [0.25, 0.3) is 0 Å². The SMILES string of the molecule is Cc1ccc(C(=O)NC(CC(=O)N2CCOc3ccccc32)c2ccccc2)cc1. The van der Waals surface area contributed by atoms with Crippen molar-refractivity contribution in [3.05, 3.63) is 95.6 Å². The van der Waals surface area contributed by atoms with Gasteiger partial charge in [0.25, 0.3) is 5.91 Å². The highest BCUT2D eigenvalue weighted by molar-refractivity contribution is 5.97. The molecule has 1 N–H and O–H groups in total. The Morgan fingerprint density at radius 1 is 0.967 bits per heavy atom. The average molecular weight is 400 g/mol. The quantitative estimate of drug-likeness (QED) is 0.695. The molecular weight excluding hydrogens is 376 g/mol. The van der Waals surface area contributed by atoms with Crippen LogP contribution < -0.4 is 15.0 Å². The third-order valence-corrected chi connectivity index (χ3v) is 5.23. The molecule has 0 radical (unpaired) electrons. The number of carbonyl (C=O) groups is 2. The maximum Gasteiger partial charge on any atom is 0.251 e. The van der Waals surface area contributed by atoms with E-state index in [0.717, 1.165) is 16.8 Å². The van der Waals surface area contributed by atoms with Gasteiger partial charge in [-0.1, -0.05) is 60.2 Å². The molecule has 1 unspecified atom stereocenters. The lowest BCUT2D eigenvalue weighted by atomic mass is 10.0. The number of ether oxygens (including phenoxy) is 1. The first-order chi connectivity index (χ1) is 14.6. The van der Waals surface area contributed by atoms with Gasteiger partial charge < -0.3 is 15.0 Å². The molecule has 5 heteroatoms. The Kier molecular flexibility index (Phi) is 5.80. The minimum atomic E-state index is -0.428. The summed E-state index contributed by atoms with van der Waals surface area (Å²) in [5, 5.41) is 3.05. The second-order valence-corrected chi connectivity index (χ2v) is 7.37. The van der Waals surface area contributed by atoms with Crippen molar-refractivity contribution in [2.75, 3.05) is 18.1 Å². The first-order valence-electron chi connectivity index (χ1n) is 10.1. The molecule has 4 rings (SSSR count). The van der Waals surface area contributed by atoms with Crippen molar-refractivity contribution in [3.8, 4) is 5.75 Å². The number of rotatable bonds is 5. The summed E-state index contributed by atoms with van der Waals surface area (Å²) in [6.07, 6.45) is 0.163. The molecule has 0 saturated heterocycles. The van der Waals surface area contributed by atoms with E-state index in [1.165, 1.54) is 0 Å². The fourth-order valence-corrected chi connectivity index (χ4v) is 3.60. The molecule has 1 heterocycles. The maximum atomic E-state index is 13.2. The molecule has 0 spiro atoms. The van der Waals surface area contributed by atoms with Gasteiger partial charge in [-0.15, -0.1) is 0 Å². The van der Waals surface area contributed by atoms with Crippen molar-refractivity contribution >= 4 is 17.5 Å². The third-order valence-electron chi connectivity index (χ3n) is 5.23. The summed E-state index contributed by atoms with van der Waals surface area (Å²) in [5.41, 5.74) is 3.33. The molecule has 0 aliphatic carbocycles. The second kappa shape index (κ2) is 8.82. The van der Waals surface area contributed by atoms with Crippen LogP contribution in [0.15, 0.2) is 78.9 Å². The number of para-hydroxylation sites is 2. The van der Waals surface area contributed by atoms with Gasteiger partial charge in [-0.05, 0) is 36.8 Å². The van der Waals surface area contributed by atoms with Crippen LogP contribution >= 0.6 is 0 Å². The summed E-state index contributed by atoms with van der Waals surface area (Å²) in [5.74, 6) is 0.458. The van der Waals surface area contributed by atoms with Gasteiger partial charge in [-0.25, -0.2) is 0 Å². The zero-order valence-corrected chi connectivity index (χ0v) is 16.9. The minimum absolute atomic E-state index is 0.0520. The van der Waals surface area contributed by atoms with E-state index in [1.807, 2.05) is 73.7 Å². The predicted octanol–water partition coefficient (Wildman–Crippen LogP) is 4.28. The van der Waals surface area contributed by atoms with Gasteiger partial charge >= 0.3 is 0 Å².